The second kappa shape index (κ2) is 4.33. The van der Waals surface area contributed by atoms with E-state index in [2.05, 4.69) is 4.18 Å². The second-order valence-electron chi connectivity index (χ2n) is 4.25. The monoisotopic (exact) mass is 265 g/mol. The van der Waals surface area contributed by atoms with E-state index in [1.54, 1.807) is 6.07 Å². The van der Waals surface area contributed by atoms with E-state index in [1.807, 2.05) is 18.2 Å². The Balaban J connectivity index is 2.08. The highest BCUT2D eigenvalue weighted by Crippen LogP contribution is 2.40. The van der Waals surface area contributed by atoms with Crippen LogP contribution < -0.4 is 0 Å². The zero-order chi connectivity index (χ0) is 12.7. The quantitative estimate of drug-likeness (QED) is 0.866. The van der Waals surface area contributed by atoms with Crippen LogP contribution in [0.4, 0.5) is 4.39 Å². The Labute approximate surface area is 105 Å². The third kappa shape index (κ3) is 1.79. The Morgan fingerprint density at radius 2 is 2.11 bits per heavy atom. The van der Waals surface area contributed by atoms with Crippen molar-refractivity contribution in [2.24, 2.45) is 0 Å². The number of hydrogen-bond acceptors (Lipinski definition) is 3. The summed E-state index contributed by atoms with van der Waals surface area (Å²) in [6, 6.07) is 8.84. The Bertz CT molecular complexity index is 686. The Morgan fingerprint density at radius 1 is 1.28 bits per heavy atom. The molecule has 0 aliphatic heterocycles. The van der Waals surface area contributed by atoms with E-state index in [0.717, 1.165) is 16.3 Å². The summed E-state index contributed by atoms with van der Waals surface area (Å²) < 4.78 is 39.2. The van der Waals surface area contributed by atoms with Gasteiger partial charge in [-0.3, -0.25) is 4.18 Å². The maximum atomic E-state index is 13.8. The molecule has 3 rings (SSSR count). The molecule has 0 heterocycles. The van der Waals surface area contributed by atoms with Crippen molar-refractivity contribution < 1.29 is 17.0 Å². The third-order valence-electron chi connectivity index (χ3n) is 3.26. The number of benzene rings is 2. The molecule has 3 nitrogen and oxygen atoms in total. The fourth-order valence-corrected chi connectivity index (χ4v) is 2.79. The zero-order valence-electron chi connectivity index (χ0n) is 9.30. The maximum absolute atomic E-state index is 13.8. The lowest BCUT2D eigenvalue weighted by atomic mass is 10.0. The van der Waals surface area contributed by atoms with Crippen LogP contribution in [0, 0.1) is 12.4 Å². The summed E-state index contributed by atoms with van der Waals surface area (Å²) >= 11 is 0. The normalized spacial score (nSPS) is 17.8. The predicted octanol–water partition coefficient (Wildman–Crippen LogP) is 2.32. The molecule has 0 spiro atoms. The van der Waals surface area contributed by atoms with Crippen LogP contribution in [0.5, 0.6) is 0 Å². The molecule has 0 bridgehead atoms. The van der Waals surface area contributed by atoms with E-state index >= 15 is 0 Å². The Hall–Kier alpha value is -1.46. The van der Waals surface area contributed by atoms with Gasteiger partial charge in [0.1, 0.15) is 12.4 Å². The molecule has 1 aliphatic rings. The highest BCUT2D eigenvalue weighted by atomic mass is 32.2. The van der Waals surface area contributed by atoms with E-state index in [1.165, 1.54) is 12.7 Å². The average Bonchev–Trinajstić information content (AvgIpc) is 2.73. The molecule has 5 heteroatoms. The van der Waals surface area contributed by atoms with Gasteiger partial charge in [0.2, 0.25) is 0 Å². The van der Waals surface area contributed by atoms with Crippen LogP contribution in [0.3, 0.4) is 0 Å². The number of rotatable bonds is 3. The van der Waals surface area contributed by atoms with E-state index in [4.69, 9.17) is 0 Å². The number of thiol groups is 1. The minimum Gasteiger partial charge on any atom is -0.265 e. The molecule has 0 aromatic heterocycles. The molecule has 0 fully saturated rings. The van der Waals surface area contributed by atoms with E-state index < -0.39 is 11.0 Å². The first kappa shape index (κ1) is 11.6. The van der Waals surface area contributed by atoms with Crippen molar-refractivity contribution in [3.05, 3.63) is 53.9 Å². The third-order valence-corrected chi connectivity index (χ3v) is 3.56. The molecule has 0 amide bonds. The van der Waals surface area contributed by atoms with Crippen molar-refractivity contribution >= 4 is 21.8 Å². The SMILES string of the molecule is O=[SH](=O)O[CH]C1Cc2c(F)ccc3cccc1c23. The molecule has 0 N–H and O–H groups in total. The Kier molecular flexibility index (Phi) is 2.80. The van der Waals surface area contributed by atoms with Gasteiger partial charge in [-0.15, -0.1) is 0 Å². The molecule has 1 aliphatic carbocycles. The predicted molar refractivity (Wildman–Crippen MR) is 66.1 cm³/mol. The van der Waals surface area contributed by atoms with Gasteiger partial charge in [-0.25, -0.2) is 12.8 Å². The molecule has 93 valence electrons. The first-order valence-corrected chi connectivity index (χ1v) is 6.61. The number of halogens is 1. The molecule has 0 saturated carbocycles. The summed E-state index contributed by atoms with van der Waals surface area (Å²) in [4.78, 5) is 0. The van der Waals surface area contributed by atoms with Gasteiger partial charge < -0.3 is 0 Å². The first-order valence-electron chi connectivity index (χ1n) is 5.51. The van der Waals surface area contributed by atoms with Crippen LogP contribution in [0.1, 0.15) is 17.0 Å². The van der Waals surface area contributed by atoms with Crippen LogP contribution in [0.2, 0.25) is 0 Å². The minimum atomic E-state index is -2.91. The van der Waals surface area contributed by atoms with Gasteiger partial charge in [0.25, 0.3) is 11.0 Å². The lowest BCUT2D eigenvalue weighted by Crippen LogP contribution is -2.00. The summed E-state index contributed by atoms with van der Waals surface area (Å²) in [6.45, 7) is 1.26. The summed E-state index contributed by atoms with van der Waals surface area (Å²) in [5.74, 6) is -0.467. The summed E-state index contributed by atoms with van der Waals surface area (Å²) in [6.07, 6.45) is 0.436. The van der Waals surface area contributed by atoms with Gasteiger partial charge in [0, 0.05) is 5.92 Å². The fourth-order valence-electron chi connectivity index (χ4n) is 2.54. The number of hydrogen-bond donors (Lipinski definition) is 1. The molecule has 1 atom stereocenters. The van der Waals surface area contributed by atoms with Crippen molar-refractivity contribution in [1.29, 1.82) is 0 Å². The standard InChI is InChI=1S/C13H10FO3S/c14-12-5-4-8-2-1-3-10-9(7-17-18(15)16)6-11(12)13(8)10/h1-5,7,9,18H,6H2. The smallest absolute Gasteiger partial charge is 0.257 e. The Morgan fingerprint density at radius 3 is 2.89 bits per heavy atom. The topological polar surface area (TPSA) is 43.4 Å². The van der Waals surface area contributed by atoms with Gasteiger partial charge in [0.15, 0.2) is 0 Å². The highest BCUT2D eigenvalue weighted by Gasteiger charge is 2.27. The first-order chi connectivity index (χ1) is 8.66. The van der Waals surface area contributed by atoms with Gasteiger partial charge in [-0.2, -0.15) is 0 Å². The molecular formula is C13H10FO3S. The van der Waals surface area contributed by atoms with Gasteiger partial charge in [-0.05, 0) is 34.4 Å². The average molecular weight is 265 g/mol. The maximum Gasteiger partial charge on any atom is 0.257 e. The molecule has 2 aromatic rings. The van der Waals surface area contributed by atoms with Crippen LogP contribution in [0.25, 0.3) is 10.8 Å². The van der Waals surface area contributed by atoms with Crippen molar-refractivity contribution in [2.75, 3.05) is 0 Å². The molecule has 1 radical (unpaired) electrons. The fraction of sp³-hybridized carbons (Fsp3) is 0.154. The van der Waals surface area contributed by atoms with Gasteiger partial charge in [0.05, 0.1) is 0 Å². The lowest BCUT2D eigenvalue weighted by molar-refractivity contribution is 0.381. The zero-order valence-corrected chi connectivity index (χ0v) is 10.2. The van der Waals surface area contributed by atoms with Gasteiger partial charge >= 0.3 is 0 Å². The van der Waals surface area contributed by atoms with Crippen molar-refractivity contribution in [3.8, 4) is 0 Å². The molecule has 0 saturated heterocycles. The van der Waals surface area contributed by atoms with Crippen LogP contribution >= 0.6 is 0 Å². The summed E-state index contributed by atoms with van der Waals surface area (Å²) in [7, 11) is -2.91. The molecular weight excluding hydrogens is 255 g/mol. The van der Waals surface area contributed by atoms with E-state index in [0.29, 0.717) is 12.0 Å². The largest absolute Gasteiger partial charge is 0.265 e. The van der Waals surface area contributed by atoms with E-state index in [9.17, 15) is 12.8 Å². The highest BCUT2D eigenvalue weighted by molar-refractivity contribution is 7.67. The minimum absolute atomic E-state index is 0.214. The van der Waals surface area contributed by atoms with Crippen molar-refractivity contribution in [2.45, 2.75) is 12.3 Å². The van der Waals surface area contributed by atoms with Crippen molar-refractivity contribution in [3.63, 3.8) is 0 Å². The lowest BCUT2D eigenvalue weighted by Gasteiger charge is -2.07. The summed E-state index contributed by atoms with van der Waals surface area (Å²) in [5.41, 5.74) is 1.55. The summed E-state index contributed by atoms with van der Waals surface area (Å²) in [5, 5.41) is 1.84. The van der Waals surface area contributed by atoms with Crippen LogP contribution in [0.15, 0.2) is 30.3 Å². The molecule has 1 unspecified atom stereocenters. The molecule has 18 heavy (non-hydrogen) atoms. The second-order valence-corrected chi connectivity index (χ2v) is 4.91. The van der Waals surface area contributed by atoms with Crippen LogP contribution in [-0.4, -0.2) is 8.42 Å². The van der Waals surface area contributed by atoms with Crippen LogP contribution in [-0.2, 0) is 21.6 Å². The molecule has 2 aromatic carbocycles. The van der Waals surface area contributed by atoms with E-state index in [-0.39, 0.29) is 11.7 Å². The van der Waals surface area contributed by atoms with Crippen molar-refractivity contribution in [1.82, 2.24) is 0 Å². The van der Waals surface area contributed by atoms with Gasteiger partial charge in [-0.1, -0.05) is 24.3 Å².